The summed E-state index contributed by atoms with van der Waals surface area (Å²) < 4.78 is 0. The number of anilines is 1. The highest BCUT2D eigenvalue weighted by Crippen LogP contribution is 2.41. The van der Waals surface area contributed by atoms with Gasteiger partial charge >= 0.3 is 6.03 Å². The van der Waals surface area contributed by atoms with Crippen LogP contribution in [0.15, 0.2) is 48.5 Å². The molecule has 2 saturated heterocycles. The number of fused-ring (bicyclic) bond motifs is 2. The first-order valence-corrected chi connectivity index (χ1v) is 10.2. The molecule has 2 aliphatic heterocycles. The van der Waals surface area contributed by atoms with Gasteiger partial charge in [-0.25, -0.2) is 4.79 Å². The van der Waals surface area contributed by atoms with Gasteiger partial charge in [0.25, 0.3) is 5.91 Å². The van der Waals surface area contributed by atoms with Crippen LogP contribution in [0.2, 0.25) is 0 Å². The van der Waals surface area contributed by atoms with Crippen molar-refractivity contribution in [1.29, 1.82) is 0 Å². The number of carbonyl (C=O) groups excluding carboxylic acids is 4. The van der Waals surface area contributed by atoms with E-state index in [-0.39, 0.29) is 24.1 Å². The van der Waals surface area contributed by atoms with Crippen molar-refractivity contribution in [3.05, 3.63) is 65.2 Å². The third-order valence-corrected chi connectivity index (χ3v) is 6.30. The number of amides is 4. The third kappa shape index (κ3) is 2.73. The molecule has 0 bridgehead atoms. The molecule has 0 unspecified atom stereocenters. The van der Waals surface area contributed by atoms with Gasteiger partial charge in [0.2, 0.25) is 5.91 Å². The van der Waals surface area contributed by atoms with Gasteiger partial charge in [0, 0.05) is 24.2 Å². The standard InChI is InChI=1S/C23H21N3O4/c27-19(16-7-9-17(10-8-16)25-13-3-6-20(25)28)14-26-21(29)23(24-22(26)30)12-11-15-4-1-2-5-18(15)23/h1-2,4-5,7-10H,3,6,11-14H2,(H,24,30)/t23-/m1/s1. The smallest absolute Gasteiger partial charge is 0.319 e. The Bertz CT molecular complexity index is 1080. The number of hydrogen-bond donors (Lipinski definition) is 1. The molecule has 0 saturated carbocycles. The van der Waals surface area contributed by atoms with E-state index in [0.29, 0.717) is 31.4 Å². The average molecular weight is 403 g/mol. The van der Waals surface area contributed by atoms with Crippen molar-refractivity contribution in [3.8, 4) is 0 Å². The van der Waals surface area contributed by atoms with Gasteiger partial charge in [-0.1, -0.05) is 24.3 Å². The largest absolute Gasteiger partial charge is 0.325 e. The van der Waals surface area contributed by atoms with Gasteiger partial charge in [0.05, 0.1) is 6.54 Å². The first-order valence-electron chi connectivity index (χ1n) is 10.2. The minimum Gasteiger partial charge on any atom is -0.319 e. The Morgan fingerprint density at radius 2 is 1.77 bits per heavy atom. The Hall–Kier alpha value is -3.48. The fourth-order valence-electron chi connectivity index (χ4n) is 4.72. The number of ketones is 1. The van der Waals surface area contributed by atoms with Crippen molar-refractivity contribution < 1.29 is 19.2 Å². The van der Waals surface area contributed by atoms with Crippen LogP contribution in [0.1, 0.15) is 40.7 Å². The van der Waals surface area contributed by atoms with Crippen molar-refractivity contribution >= 4 is 29.3 Å². The highest BCUT2D eigenvalue weighted by Gasteiger charge is 2.55. The first-order chi connectivity index (χ1) is 14.5. The van der Waals surface area contributed by atoms with Gasteiger partial charge in [-0.15, -0.1) is 0 Å². The highest BCUT2D eigenvalue weighted by atomic mass is 16.2. The monoisotopic (exact) mass is 403 g/mol. The second-order valence-electron chi connectivity index (χ2n) is 8.00. The summed E-state index contributed by atoms with van der Waals surface area (Å²) in [5, 5.41) is 2.83. The second kappa shape index (κ2) is 6.79. The van der Waals surface area contributed by atoms with Crippen molar-refractivity contribution in [2.45, 2.75) is 31.2 Å². The summed E-state index contributed by atoms with van der Waals surface area (Å²) in [5.74, 6) is -0.609. The molecule has 1 aliphatic carbocycles. The van der Waals surface area contributed by atoms with Crippen LogP contribution in [0.4, 0.5) is 10.5 Å². The number of rotatable bonds is 4. The molecule has 0 radical (unpaired) electrons. The SMILES string of the molecule is O=C(CN1C(=O)N[C@@]2(CCc3ccccc32)C1=O)c1ccc(N2CCCC2=O)cc1. The quantitative estimate of drug-likeness (QED) is 0.627. The van der Waals surface area contributed by atoms with Gasteiger partial charge in [0.15, 0.2) is 5.78 Å². The van der Waals surface area contributed by atoms with E-state index in [1.807, 2.05) is 24.3 Å². The van der Waals surface area contributed by atoms with Gasteiger partial charge in [-0.3, -0.25) is 19.3 Å². The lowest BCUT2D eigenvalue weighted by molar-refractivity contribution is -0.131. The lowest BCUT2D eigenvalue weighted by Gasteiger charge is -2.22. The van der Waals surface area contributed by atoms with Crippen molar-refractivity contribution in [3.63, 3.8) is 0 Å². The minimum atomic E-state index is -1.06. The maximum absolute atomic E-state index is 13.2. The van der Waals surface area contributed by atoms with E-state index in [9.17, 15) is 19.2 Å². The van der Waals surface area contributed by atoms with Gasteiger partial charge in [-0.2, -0.15) is 0 Å². The highest BCUT2D eigenvalue weighted by molar-refractivity contribution is 6.12. The molecule has 0 aromatic heterocycles. The van der Waals surface area contributed by atoms with Crippen molar-refractivity contribution in [2.24, 2.45) is 0 Å². The molecule has 2 fully saturated rings. The summed E-state index contributed by atoms with van der Waals surface area (Å²) in [5.41, 5.74) is 1.96. The number of hydrogen-bond acceptors (Lipinski definition) is 4. The van der Waals surface area contributed by atoms with E-state index >= 15 is 0 Å². The molecule has 5 rings (SSSR count). The molecule has 7 nitrogen and oxygen atoms in total. The number of nitrogens with one attached hydrogen (secondary N) is 1. The van der Waals surface area contributed by atoms with Crippen LogP contribution in [0, 0.1) is 0 Å². The topological polar surface area (TPSA) is 86.8 Å². The number of benzene rings is 2. The Balaban J connectivity index is 1.34. The van der Waals surface area contributed by atoms with Crippen LogP contribution in [-0.4, -0.2) is 41.6 Å². The molecule has 152 valence electrons. The Labute approximate surface area is 173 Å². The number of urea groups is 1. The minimum absolute atomic E-state index is 0.0792. The van der Waals surface area contributed by atoms with E-state index in [0.717, 1.165) is 28.1 Å². The predicted octanol–water partition coefficient (Wildman–Crippen LogP) is 2.39. The van der Waals surface area contributed by atoms with Crippen LogP contribution in [0.3, 0.4) is 0 Å². The fourth-order valence-corrected chi connectivity index (χ4v) is 4.72. The molecular formula is C23H21N3O4. The molecule has 7 heteroatoms. The van der Waals surface area contributed by atoms with E-state index in [4.69, 9.17) is 0 Å². The van der Waals surface area contributed by atoms with Crippen LogP contribution < -0.4 is 10.2 Å². The number of imide groups is 1. The van der Waals surface area contributed by atoms with Gasteiger partial charge in [0.1, 0.15) is 5.54 Å². The molecule has 1 atom stereocenters. The van der Waals surface area contributed by atoms with E-state index in [1.54, 1.807) is 29.2 Å². The molecule has 1 N–H and O–H groups in total. The van der Waals surface area contributed by atoms with Crippen LogP contribution in [0.5, 0.6) is 0 Å². The average Bonchev–Trinajstić information content (AvgIpc) is 3.42. The van der Waals surface area contributed by atoms with Crippen LogP contribution in [-0.2, 0) is 21.5 Å². The van der Waals surface area contributed by atoms with E-state index in [2.05, 4.69) is 5.32 Å². The molecule has 3 aliphatic rings. The fraction of sp³-hybridized carbons (Fsp3) is 0.304. The van der Waals surface area contributed by atoms with Crippen LogP contribution >= 0.6 is 0 Å². The zero-order chi connectivity index (χ0) is 20.9. The van der Waals surface area contributed by atoms with E-state index in [1.165, 1.54) is 0 Å². The summed E-state index contributed by atoms with van der Waals surface area (Å²) in [4.78, 5) is 53.1. The number of Topliss-reactive ketones (excluding diaryl/α,β-unsaturated/α-hetero) is 1. The van der Waals surface area contributed by atoms with Crippen molar-refractivity contribution in [2.75, 3.05) is 18.0 Å². The number of nitrogens with zero attached hydrogens (tertiary/aromatic N) is 2. The summed E-state index contributed by atoms with van der Waals surface area (Å²) >= 11 is 0. The Kier molecular flexibility index (Phi) is 4.20. The lowest BCUT2D eigenvalue weighted by Crippen LogP contribution is -2.42. The normalized spacial score (nSPS) is 22.7. The zero-order valence-corrected chi connectivity index (χ0v) is 16.4. The zero-order valence-electron chi connectivity index (χ0n) is 16.4. The molecule has 2 heterocycles. The molecule has 2 aromatic carbocycles. The first kappa shape index (κ1) is 18.5. The van der Waals surface area contributed by atoms with E-state index < -0.39 is 11.6 Å². The molecular weight excluding hydrogens is 382 g/mol. The lowest BCUT2D eigenvalue weighted by atomic mass is 9.92. The summed E-state index contributed by atoms with van der Waals surface area (Å²) in [6, 6.07) is 13.8. The van der Waals surface area contributed by atoms with Crippen molar-refractivity contribution in [1.82, 2.24) is 10.2 Å². The maximum atomic E-state index is 13.2. The summed E-state index contributed by atoms with van der Waals surface area (Å²) in [6.45, 7) is 0.370. The summed E-state index contributed by atoms with van der Waals surface area (Å²) in [7, 11) is 0. The van der Waals surface area contributed by atoms with Gasteiger partial charge in [-0.05, 0) is 54.7 Å². The molecule has 1 spiro atoms. The molecule has 4 amide bonds. The third-order valence-electron chi connectivity index (χ3n) is 6.30. The Morgan fingerprint density at radius 1 is 1.00 bits per heavy atom. The maximum Gasteiger partial charge on any atom is 0.325 e. The number of aryl methyl sites for hydroxylation is 1. The molecule has 30 heavy (non-hydrogen) atoms. The predicted molar refractivity (Wildman–Crippen MR) is 109 cm³/mol. The second-order valence-corrected chi connectivity index (χ2v) is 8.00. The van der Waals surface area contributed by atoms with Gasteiger partial charge < -0.3 is 10.2 Å². The van der Waals surface area contributed by atoms with Crippen LogP contribution in [0.25, 0.3) is 0 Å². The summed E-state index contributed by atoms with van der Waals surface area (Å²) in [6.07, 6.45) is 2.58. The number of carbonyl (C=O) groups is 4. The molecule has 2 aromatic rings. The Morgan fingerprint density at radius 3 is 2.50 bits per heavy atom.